The van der Waals surface area contributed by atoms with E-state index in [1.165, 1.54) is 4.88 Å². The van der Waals surface area contributed by atoms with Crippen molar-refractivity contribution in [2.24, 2.45) is 0 Å². The van der Waals surface area contributed by atoms with Crippen LogP contribution in [0.3, 0.4) is 0 Å². The summed E-state index contributed by atoms with van der Waals surface area (Å²) in [6.07, 6.45) is 2.93. The van der Waals surface area contributed by atoms with Crippen LogP contribution in [0.4, 0.5) is 11.7 Å². The van der Waals surface area contributed by atoms with Crippen LogP contribution in [0.25, 0.3) is 11.1 Å². The molecule has 2 aromatic heterocycles. The zero-order valence-electron chi connectivity index (χ0n) is 11.4. The summed E-state index contributed by atoms with van der Waals surface area (Å²) < 4.78 is 5.65. The van der Waals surface area contributed by atoms with Gasteiger partial charge in [-0.2, -0.15) is 4.98 Å². The first kappa shape index (κ1) is 12.9. The van der Waals surface area contributed by atoms with Crippen molar-refractivity contribution in [1.82, 2.24) is 9.97 Å². The third-order valence-corrected chi connectivity index (χ3v) is 4.37. The minimum absolute atomic E-state index is 0.0608. The summed E-state index contributed by atoms with van der Waals surface area (Å²) in [5.74, 6) is 0. The van der Waals surface area contributed by atoms with Gasteiger partial charge in [0.2, 0.25) is 0 Å². The fraction of sp³-hybridized carbons (Fsp3) is 0.286. The number of oxazole rings is 1. The quantitative estimate of drug-likeness (QED) is 0.717. The van der Waals surface area contributed by atoms with Gasteiger partial charge in [-0.25, -0.2) is 4.98 Å². The summed E-state index contributed by atoms with van der Waals surface area (Å²) >= 11 is 1.71. The summed E-state index contributed by atoms with van der Waals surface area (Å²) in [6.45, 7) is 4.17. The average Bonchev–Trinajstić information content (AvgIpc) is 3.03. The zero-order chi connectivity index (χ0) is 14.1. The zero-order valence-corrected chi connectivity index (χ0v) is 12.2. The predicted molar refractivity (Wildman–Crippen MR) is 82.0 cm³/mol. The van der Waals surface area contributed by atoms with E-state index in [9.17, 15) is 0 Å². The molecule has 0 aliphatic carbocycles. The van der Waals surface area contributed by atoms with Crippen LogP contribution in [0.1, 0.15) is 29.8 Å². The van der Waals surface area contributed by atoms with E-state index in [0.717, 1.165) is 16.9 Å². The van der Waals surface area contributed by atoms with Gasteiger partial charge in [0.15, 0.2) is 5.58 Å². The van der Waals surface area contributed by atoms with Crippen molar-refractivity contribution in [1.29, 1.82) is 0 Å². The van der Waals surface area contributed by atoms with Gasteiger partial charge in [0.1, 0.15) is 10.5 Å². The second kappa shape index (κ2) is 5.13. The summed E-state index contributed by atoms with van der Waals surface area (Å²) in [5, 5.41) is 4.26. The highest BCUT2D eigenvalue weighted by molar-refractivity contribution is 7.11. The summed E-state index contributed by atoms with van der Waals surface area (Å²) in [4.78, 5) is 10.1. The van der Waals surface area contributed by atoms with E-state index in [0.29, 0.717) is 17.3 Å². The van der Waals surface area contributed by atoms with Crippen LogP contribution in [0, 0.1) is 0 Å². The number of benzene rings is 1. The molecule has 0 amide bonds. The second-order valence-corrected chi connectivity index (χ2v) is 5.78. The van der Waals surface area contributed by atoms with Gasteiger partial charge in [0.05, 0.1) is 6.04 Å². The largest absolute Gasteiger partial charge is 0.423 e. The molecule has 104 valence electrons. The maximum absolute atomic E-state index is 5.73. The Kier molecular flexibility index (Phi) is 3.31. The van der Waals surface area contributed by atoms with E-state index in [4.69, 9.17) is 10.2 Å². The first-order chi connectivity index (χ1) is 9.65. The van der Waals surface area contributed by atoms with Crippen molar-refractivity contribution in [2.75, 3.05) is 11.1 Å². The first-order valence-corrected chi connectivity index (χ1v) is 7.34. The van der Waals surface area contributed by atoms with E-state index >= 15 is 0 Å². The van der Waals surface area contributed by atoms with Crippen LogP contribution >= 0.6 is 11.3 Å². The Morgan fingerprint density at radius 2 is 2.30 bits per heavy atom. The average molecular weight is 288 g/mol. The molecular formula is C14H16N4OS. The Hall–Kier alpha value is -2.08. The lowest BCUT2D eigenvalue weighted by atomic mass is 10.3. The Bertz CT molecular complexity index is 734. The van der Waals surface area contributed by atoms with E-state index in [1.54, 1.807) is 17.4 Å². The normalized spacial score (nSPS) is 12.7. The van der Waals surface area contributed by atoms with Crippen LogP contribution in [0.2, 0.25) is 0 Å². The van der Waals surface area contributed by atoms with Crippen LogP contribution < -0.4 is 11.1 Å². The summed E-state index contributed by atoms with van der Waals surface area (Å²) in [7, 11) is 0. The molecule has 0 fully saturated rings. The molecule has 0 saturated heterocycles. The number of hydrogen-bond acceptors (Lipinski definition) is 6. The molecule has 0 bridgehead atoms. The second-order valence-electron chi connectivity index (χ2n) is 4.63. The Balaban J connectivity index is 1.81. The lowest BCUT2D eigenvalue weighted by molar-refractivity contribution is 0.603. The number of hydrogen-bond donors (Lipinski definition) is 2. The molecule has 3 rings (SSSR count). The maximum Gasteiger partial charge on any atom is 0.296 e. The SMILES string of the molecule is CCc1cnc(C(C)Nc2nc3ccc(N)cc3o2)s1. The van der Waals surface area contributed by atoms with Gasteiger partial charge >= 0.3 is 0 Å². The number of aromatic nitrogens is 2. The molecule has 1 unspecified atom stereocenters. The molecule has 5 nitrogen and oxygen atoms in total. The van der Waals surface area contributed by atoms with Crippen molar-refractivity contribution in [3.8, 4) is 0 Å². The van der Waals surface area contributed by atoms with Gasteiger partial charge in [0, 0.05) is 22.8 Å². The monoisotopic (exact) mass is 288 g/mol. The number of nitrogen functional groups attached to an aromatic ring is 1. The summed E-state index contributed by atoms with van der Waals surface area (Å²) in [5.41, 5.74) is 7.88. The molecular weight excluding hydrogens is 272 g/mol. The Morgan fingerprint density at radius 1 is 1.45 bits per heavy atom. The van der Waals surface area contributed by atoms with Gasteiger partial charge < -0.3 is 15.5 Å². The molecule has 0 aliphatic rings. The lowest BCUT2D eigenvalue weighted by Gasteiger charge is -2.07. The molecule has 0 radical (unpaired) electrons. The van der Waals surface area contributed by atoms with Gasteiger partial charge in [-0.1, -0.05) is 6.92 Å². The molecule has 1 atom stereocenters. The number of nitrogens with zero attached hydrogens (tertiary/aromatic N) is 2. The number of thiazole rings is 1. The molecule has 0 aliphatic heterocycles. The number of nitrogens with one attached hydrogen (secondary N) is 1. The topological polar surface area (TPSA) is 77.0 Å². The number of anilines is 2. The minimum Gasteiger partial charge on any atom is -0.423 e. The van der Waals surface area contributed by atoms with Crippen LogP contribution in [-0.2, 0) is 6.42 Å². The van der Waals surface area contributed by atoms with Crippen molar-refractivity contribution in [3.05, 3.63) is 34.3 Å². The highest BCUT2D eigenvalue weighted by Crippen LogP contribution is 2.26. The first-order valence-electron chi connectivity index (χ1n) is 6.53. The predicted octanol–water partition coefficient (Wildman–Crippen LogP) is 3.60. The number of nitrogens with two attached hydrogens (primary N) is 1. The molecule has 0 spiro atoms. The van der Waals surface area contributed by atoms with E-state index in [-0.39, 0.29) is 6.04 Å². The molecule has 3 N–H and O–H groups in total. The molecule has 3 aromatic rings. The van der Waals surface area contributed by atoms with Gasteiger partial charge in [-0.3, -0.25) is 0 Å². The highest BCUT2D eigenvalue weighted by atomic mass is 32.1. The number of aryl methyl sites for hydroxylation is 1. The summed E-state index contributed by atoms with van der Waals surface area (Å²) in [6, 6.07) is 5.99. The van der Waals surface area contributed by atoms with Gasteiger partial charge in [-0.05, 0) is 25.5 Å². The number of fused-ring (bicyclic) bond motifs is 1. The van der Waals surface area contributed by atoms with Crippen molar-refractivity contribution in [2.45, 2.75) is 26.3 Å². The standard InChI is InChI=1S/C14H16N4OS/c1-3-10-7-16-13(20-10)8(2)17-14-18-11-5-4-9(15)6-12(11)19-14/h4-8H,3,15H2,1-2H3,(H,17,18). The minimum atomic E-state index is 0.0608. The van der Waals surface area contributed by atoms with Crippen LogP contribution in [0.5, 0.6) is 0 Å². The van der Waals surface area contributed by atoms with E-state index in [1.807, 2.05) is 25.3 Å². The van der Waals surface area contributed by atoms with E-state index < -0.39 is 0 Å². The lowest BCUT2D eigenvalue weighted by Crippen LogP contribution is -2.06. The third kappa shape index (κ3) is 2.46. The van der Waals surface area contributed by atoms with Crippen LogP contribution in [0.15, 0.2) is 28.8 Å². The van der Waals surface area contributed by atoms with Crippen molar-refractivity contribution >= 4 is 34.1 Å². The Morgan fingerprint density at radius 3 is 3.05 bits per heavy atom. The number of rotatable bonds is 4. The highest BCUT2D eigenvalue weighted by Gasteiger charge is 2.13. The molecule has 6 heteroatoms. The van der Waals surface area contributed by atoms with E-state index in [2.05, 4.69) is 22.2 Å². The third-order valence-electron chi connectivity index (χ3n) is 3.04. The fourth-order valence-electron chi connectivity index (χ4n) is 1.94. The smallest absolute Gasteiger partial charge is 0.296 e. The van der Waals surface area contributed by atoms with Gasteiger partial charge in [-0.15, -0.1) is 11.3 Å². The maximum atomic E-state index is 5.73. The van der Waals surface area contributed by atoms with Crippen molar-refractivity contribution in [3.63, 3.8) is 0 Å². The fourth-order valence-corrected chi connectivity index (χ4v) is 2.80. The van der Waals surface area contributed by atoms with Crippen LogP contribution in [-0.4, -0.2) is 9.97 Å². The Labute approximate surface area is 120 Å². The molecule has 2 heterocycles. The van der Waals surface area contributed by atoms with Gasteiger partial charge in [0.25, 0.3) is 6.01 Å². The molecule has 20 heavy (non-hydrogen) atoms. The molecule has 1 aromatic carbocycles. The van der Waals surface area contributed by atoms with Crippen molar-refractivity contribution < 1.29 is 4.42 Å². The molecule has 0 saturated carbocycles.